The third-order valence-corrected chi connectivity index (χ3v) is 5.06. The predicted octanol–water partition coefficient (Wildman–Crippen LogP) is 4.85. The molecule has 23 heavy (non-hydrogen) atoms. The van der Waals surface area contributed by atoms with Crippen LogP contribution in [0.5, 0.6) is 0 Å². The highest BCUT2D eigenvalue weighted by Gasteiger charge is 2.28. The Bertz CT molecular complexity index is 907. The van der Waals surface area contributed by atoms with E-state index in [0.717, 1.165) is 16.0 Å². The molecule has 2 aromatic carbocycles. The van der Waals surface area contributed by atoms with Crippen LogP contribution in [0.3, 0.4) is 0 Å². The summed E-state index contributed by atoms with van der Waals surface area (Å²) in [5.41, 5.74) is 2.66. The SMILES string of the molecule is O=C(Nc1ccccc1Cl)c1noc2c1CSc1ccccc1-2. The van der Waals surface area contributed by atoms with Gasteiger partial charge in [0.15, 0.2) is 11.5 Å². The molecule has 1 N–H and O–H groups in total. The Hall–Kier alpha value is -2.24. The van der Waals surface area contributed by atoms with E-state index in [2.05, 4.69) is 10.5 Å². The Balaban J connectivity index is 1.69. The third-order valence-electron chi connectivity index (χ3n) is 3.63. The molecule has 0 spiro atoms. The zero-order valence-corrected chi connectivity index (χ0v) is 13.4. The van der Waals surface area contributed by atoms with Gasteiger partial charge in [-0.1, -0.05) is 41.0 Å². The minimum atomic E-state index is -0.317. The molecule has 114 valence electrons. The number of nitrogens with one attached hydrogen (secondary N) is 1. The summed E-state index contributed by atoms with van der Waals surface area (Å²) in [5, 5.41) is 7.25. The maximum absolute atomic E-state index is 12.5. The number of amides is 1. The predicted molar refractivity (Wildman–Crippen MR) is 90.9 cm³/mol. The highest BCUT2D eigenvalue weighted by Crippen LogP contribution is 2.42. The van der Waals surface area contributed by atoms with Gasteiger partial charge in [0.05, 0.1) is 10.7 Å². The van der Waals surface area contributed by atoms with Crippen molar-refractivity contribution in [3.63, 3.8) is 0 Å². The van der Waals surface area contributed by atoms with Gasteiger partial charge in [0.2, 0.25) is 0 Å². The number of benzene rings is 2. The second kappa shape index (κ2) is 5.76. The van der Waals surface area contributed by atoms with Crippen molar-refractivity contribution in [3.05, 3.63) is 64.8 Å². The van der Waals surface area contributed by atoms with Crippen LogP contribution in [0.25, 0.3) is 11.3 Å². The molecule has 0 aliphatic carbocycles. The van der Waals surface area contributed by atoms with E-state index in [-0.39, 0.29) is 5.91 Å². The monoisotopic (exact) mass is 342 g/mol. The average Bonchev–Trinajstić information content (AvgIpc) is 3.01. The Morgan fingerprint density at radius 1 is 1.17 bits per heavy atom. The summed E-state index contributed by atoms with van der Waals surface area (Å²) >= 11 is 7.75. The van der Waals surface area contributed by atoms with E-state index in [4.69, 9.17) is 16.1 Å². The summed E-state index contributed by atoms with van der Waals surface area (Å²) in [4.78, 5) is 13.6. The van der Waals surface area contributed by atoms with E-state index in [1.807, 2.05) is 36.4 Å². The highest BCUT2D eigenvalue weighted by atomic mass is 35.5. The van der Waals surface area contributed by atoms with Gasteiger partial charge in [-0.25, -0.2) is 0 Å². The smallest absolute Gasteiger partial charge is 0.278 e. The van der Waals surface area contributed by atoms with Gasteiger partial charge >= 0.3 is 0 Å². The third kappa shape index (κ3) is 2.52. The van der Waals surface area contributed by atoms with Gasteiger partial charge in [0.25, 0.3) is 5.91 Å². The number of carbonyl (C=O) groups is 1. The summed E-state index contributed by atoms with van der Waals surface area (Å²) < 4.78 is 5.45. The molecule has 0 radical (unpaired) electrons. The summed E-state index contributed by atoms with van der Waals surface area (Å²) in [6.45, 7) is 0. The van der Waals surface area contributed by atoms with Gasteiger partial charge in [-0.2, -0.15) is 0 Å². The quantitative estimate of drug-likeness (QED) is 0.723. The highest BCUT2D eigenvalue weighted by molar-refractivity contribution is 7.98. The molecule has 0 bridgehead atoms. The first-order chi connectivity index (χ1) is 11.2. The largest absolute Gasteiger partial charge is 0.355 e. The molecule has 1 aromatic heterocycles. The molecule has 0 fully saturated rings. The normalized spacial score (nSPS) is 12.4. The lowest BCUT2D eigenvalue weighted by Gasteiger charge is -2.13. The van der Waals surface area contributed by atoms with Crippen molar-refractivity contribution in [2.24, 2.45) is 0 Å². The Kier molecular flexibility index (Phi) is 3.59. The Labute approximate surface area is 141 Å². The minimum absolute atomic E-state index is 0.307. The van der Waals surface area contributed by atoms with Gasteiger partial charge in [-0.05, 0) is 24.3 Å². The van der Waals surface area contributed by atoms with Crippen molar-refractivity contribution in [1.82, 2.24) is 5.16 Å². The molecule has 6 heteroatoms. The number of aromatic nitrogens is 1. The molecule has 0 atom stereocenters. The van der Waals surface area contributed by atoms with Crippen LogP contribution in [0.15, 0.2) is 57.9 Å². The van der Waals surface area contributed by atoms with Crippen LogP contribution in [0.4, 0.5) is 5.69 Å². The Morgan fingerprint density at radius 3 is 2.83 bits per heavy atom. The first-order valence-corrected chi connectivity index (χ1v) is 8.37. The number of anilines is 1. The second-order valence-corrected chi connectivity index (χ2v) is 6.48. The fourth-order valence-corrected chi connectivity index (χ4v) is 3.75. The number of thioether (sulfide) groups is 1. The number of fused-ring (bicyclic) bond motifs is 3. The van der Waals surface area contributed by atoms with Crippen LogP contribution in [-0.2, 0) is 5.75 Å². The van der Waals surface area contributed by atoms with E-state index in [9.17, 15) is 4.79 Å². The van der Waals surface area contributed by atoms with E-state index < -0.39 is 0 Å². The molecule has 4 nitrogen and oxygen atoms in total. The van der Waals surface area contributed by atoms with Crippen molar-refractivity contribution in [2.75, 3.05) is 5.32 Å². The van der Waals surface area contributed by atoms with Crippen LogP contribution in [0, 0.1) is 0 Å². The van der Waals surface area contributed by atoms with Gasteiger partial charge < -0.3 is 9.84 Å². The fraction of sp³-hybridized carbons (Fsp3) is 0.0588. The van der Waals surface area contributed by atoms with Crippen LogP contribution >= 0.6 is 23.4 Å². The number of nitrogens with zero attached hydrogens (tertiary/aromatic N) is 1. The average molecular weight is 343 g/mol. The minimum Gasteiger partial charge on any atom is -0.355 e. The van der Waals surface area contributed by atoms with E-state index in [0.29, 0.717) is 27.9 Å². The maximum Gasteiger partial charge on any atom is 0.278 e. The van der Waals surface area contributed by atoms with Gasteiger partial charge in [-0.15, -0.1) is 11.8 Å². The molecular weight excluding hydrogens is 332 g/mol. The zero-order valence-electron chi connectivity index (χ0n) is 11.9. The Morgan fingerprint density at radius 2 is 1.96 bits per heavy atom. The molecule has 1 aliphatic rings. The first-order valence-electron chi connectivity index (χ1n) is 7.00. The molecule has 1 amide bonds. The number of hydrogen-bond donors (Lipinski definition) is 1. The van der Waals surface area contributed by atoms with Crippen LogP contribution in [-0.4, -0.2) is 11.1 Å². The lowest BCUT2D eigenvalue weighted by Crippen LogP contribution is -2.15. The van der Waals surface area contributed by atoms with Crippen molar-refractivity contribution in [3.8, 4) is 11.3 Å². The second-order valence-electron chi connectivity index (χ2n) is 5.06. The van der Waals surface area contributed by atoms with Crippen molar-refractivity contribution < 1.29 is 9.32 Å². The maximum atomic E-state index is 12.5. The number of halogens is 1. The zero-order chi connectivity index (χ0) is 15.8. The fourth-order valence-electron chi connectivity index (χ4n) is 2.51. The van der Waals surface area contributed by atoms with E-state index >= 15 is 0 Å². The van der Waals surface area contributed by atoms with Crippen molar-refractivity contribution >= 4 is 35.0 Å². The van der Waals surface area contributed by atoms with E-state index in [1.165, 1.54) is 0 Å². The lowest BCUT2D eigenvalue weighted by molar-refractivity contribution is 0.101. The van der Waals surface area contributed by atoms with Crippen molar-refractivity contribution in [1.29, 1.82) is 0 Å². The van der Waals surface area contributed by atoms with E-state index in [1.54, 1.807) is 23.9 Å². The summed E-state index contributed by atoms with van der Waals surface area (Å²) in [5.74, 6) is 1.01. The number of hydrogen-bond acceptors (Lipinski definition) is 4. The molecule has 2 heterocycles. The molecule has 1 aliphatic heterocycles. The van der Waals surface area contributed by atoms with Gasteiger partial charge in [0, 0.05) is 21.8 Å². The van der Waals surface area contributed by atoms with Crippen LogP contribution in [0.2, 0.25) is 5.02 Å². The van der Waals surface area contributed by atoms with Crippen molar-refractivity contribution in [2.45, 2.75) is 10.6 Å². The van der Waals surface area contributed by atoms with Gasteiger partial charge in [-0.3, -0.25) is 4.79 Å². The molecule has 4 rings (SSSR count). The number of rotatable bonds is 2. The number of para-hydroxylation sites is 1. The standard InChI is InChI=1S/C17H11ClN2O2S/c18-12-6-2-3-7-13(12)19-17(21)15-11-9-23-14-8-4-1-5-10(14)16(11)22-20-15/h1-8H,9H2,(H,19,21). The molecule has 3 aromatic rings. The van der Waals surface area contributed by atoms with Gasteiger partial charge in [0.1, 0.15) is 0 Å². The molecule has 0 unspecified atom stereocenters. The summed E-state index contributed by atoms with van der Waals surface area (Å²) in [7, 11) is 0. The summed E-state index contributed by atoms with van der Waals surface area (Å²) in [6, 6.07) is 15.0. The van der Waals surface area contributed by atoms with Crippen LogP contribution in [0.1, 0.15) is 16.1 Å². The molecule has 0 saturated heterocycles. The van der Waals surface area contributed by atoms with Crippen LogP contribution < -0.4 is 5.32 Å². The molecule has 0 saturated carbocycles. The molecular formula is C17H11ClN2O2S. The first kappa shape index (κ1) is 14.4. The topological polar surface area (TPSA) is 55.1 Å². The number of carbonyl (C=O) groups excluding carboxylic acids is 1. The lowest BCUT2D eigenvalue weighted by atomic mass is 10.1. The summed E-state index contributed by atoms with van der Waals surface area (Å²) in [6.07, 6.45) is 0.